The van der Waals surface area contributed by atoms with Gasteiger partial charge in [0.15, 0.2) is 5.75 Å². The molecular weight excluding hydrogens is 373 g/mol. The van der Waals surface area contributed by atoms with Crippen LogP contribution < -0.4 is 4.72 Å². The van der Waals surface area contributed by atoms with Crippen LogP contribution in [0.2, 0.25) is 5.02 Å². The van der Waals surface area contributed by atoms with Crippen molar-refractivity contribution >= 4 is 43.2 Å². The van der Waals surface area contributed by atoms with Gasteiger partial charge < -0.3 is 5.11 Å². The number of nitrogens with one attached hydrogen (secondary N) is 1. The van der Waals surface area contributed by atoms with E-state index < -0.39 is 21.6 Å². The summed E-state index contributed by atoms with van der Waals surface area (Å²) in [6.45, 7) is 0. The lowest BCUT2D eigenvalue weighted by molar-refractivity contribution is 0.476. The summed E-state index contributed by atoms with van der Waals surface area (Å²) in [7, 11) is -3.94. The van der Waals surface area contributed by atoms with Crippen LogP contribution in [0.1, 0.15) is 0 Å². The number of benzene rings is 2. The molecule has 0 amide bonds. The van der Waals surface area contributed by atoms with Crippen LogP contribution >= 0.6 is 27.5 Å². The second-order valence-electron chi connectivity index (χ2n) is 3.84. The number of phenolic OH excluding ortho intramolecular Hbond substituents is 1. The quantitative estimate of drug-likeness (QED) is 0.797. The number of aromatic hydroxyl groups is 1. The molecule has 8 heteroatoms. The largest absolute Gasteiger partial charge is 0.504 e. The fourth-order valence-electron chi connectivity index (χ4n) is 1.46. The Morgan fingerprint density at radius 3 is 2.40 bits per heavy atom. The fraction of sp³-hybridized carbons (Fsp3) is 0. The second-order valence-corrected chi connectivity index (χ2v) is 6.85. The maximum atomic E-state index is 13.2. The zero-order chi connectivity index (χ0) is 14.9. The third-order valence-corrected chi connectivity index (χ3v) is 4.59. The molecule has 2 rings (SSSR count). The zero-order valence-corrected chi connectivity index (χ0v) is 12.9. The van der Waals surface area contributed by atoms with Crippen LogP contribution in [0.3, 0.4) is 0 Å². The summed E-state index contributed by atoms with van der Waals surface area (Å²) < 4.78 is 40.2. The first kappa shape index (κ1) is 15.1. The van der Waals surface area contributed by atoms with E-state index in [1.807, 2.05) is 0 Å². The van der Waals surface area contributed by atoms with E-state index in [0.29, 0.717) is 4.47 Å². The van der Waals surface area contributed by atoms with Crippen molar-refractivity contribution in [2.75, 3.05) is 4.72 Å². The highest BCUT2D eigenvalue weighted by molar-refractivity contribution is 9.10. The Labute approximate surface area is 128 Å². The van der Waals surface area contributed by atoms with Gasteiger partial charge in [-0.05, 0) is 30.3 Å². The Morgan fingerprint density at radius 1 is 1.20 bits per heavy atom. The van der Waals surface area contributed by atoms with Gasteiger partial charge in [0.2, 0.25) is 0 Å². The zero-order valence-electron chi connectivity index (χ0n) is 9.77. The molecule has 0 unspecified atom stereocenters. The van der Waals surface area contributed by atoms with Crippen molar-refractivity contribution in [1.29, 1.82) is 0 Å². The average Bonchev–Trinajstić information content (AvgIpc) is 2.35. The molecule has 0 aromatic heterocycles. The molecule has 0 saturated carbocycles. The highest BCUT2D eigenvalue weighted by Crippen LogP contribution is 2.34. The molecule has 106 valence electrons. The first-order valence-electron chi connectivity index (χ1n) is 5.26. The normalized spacial score (nSPS) is 11.3. The predicted octanol–water partition coefficient (Wildman–Crippen LogP) is 3.75. The molecule has 0 bridgehead atoms. The summed E-state index contributed by atoms with van der Waals surface area (Å²) in [6.07, 6.45) is 0. The van der Waals surface area contributed by atoms with Gasteiger partial charge in [0.25, 0.3) is 10.0 Å². The lowest BCUT2D eigenvalue weighted by Crippen LogP contribution is -2.13. The summed E-state index contributed by atoms with van der Waals surface area (Å²) in [5, 5.41) is 9.36. The van der Waals surface area contributed by atoms with Crippen molar-refractivity contribution in [1.82, 2.24) is 0 Å². The minimum absolute atomic E-state index is 0.0273. The van der Waals surface area contributed by atoms with Gasteiger partial charge in [0.1, 0.15) is 5.82 Å². The minimum atomic E-state index is -3.94. The van der Waals surface area contributed by atoms with Gasteiger partial charge in [-0.3, -0.25) is 4.72 Å². The van der Waals surface area contributed by atoms with Gasteiger partial charge in [0, 0.05) is 10.5 Å². The summed E-state index contributed by atoms with van der Waals surface area (Å²) in [5.74, 6) is -1.30. The molecule has 2 aromatic carbocycles. The third kappa shape index (κ3) is 3.23. The first-order chi connectivity index (χ1) is 9.29. The molecule has 0 saturated heterocycles. The maximum absolute atomic E-state index is 13.2. The molecule has 0 aliphatic carbocycles. The van der Waals surface area contributed by atoms with Crippen LogP contribution in [0.4, 0.5) is 10.1 Å². The molecule has 20 heavy (non-hydrogen) atoms. The number of halogens is 3. The molecule has 4 nitrogen and oxygen atoms in total. The van der Waals surface area contributed by atoms with Crippen LogP contribution in [0.5, 0.6) is 5.75 Å². The molecule has 0 aliphatic rings. The van der Waals surface area contributed by atoms with Crippen molar-refractivity contribution < 1.29 is 17.9 Å². The minimum Gasteiger partial charge on any atom is -0.504 e. The van der Waals surface area contributed by atoms with Crippen LogP contribution in [-0.2, 0) is 10.0 Å². The van der Waals surface area contributed by atoms with E-state index in [9.17, 15) is 17.9 Å². The fourth-order valence-corrected chi connectivity index (χ4v) is 2.99. The number of hydrogen-bond acceptors (Lipinski definition) is 3. The predicted molar refractivity (Wildman–Crippen MR) is 78.0 cm³/mol. The second kappa shape index (κ2) is 5.59. The Hall–Kier alpha value is -1.31. The van der Waals surface area contributed by atoms with Gasteiger partial charge in [0.05, 0.1) is 15.6 Å². The highest BCUT2D eigenvalue weighted by Gasteiger charge is 2.18. The first-order valence-corrected chi connectivity index (χ1v) is 7.91. The molecule has 0 aliphatic heterocycles. The van der Waals surface area contributed by atoms with Crippen LogP contribution in [0, 0.1) is 5.82 Å². The summed E-state index contributed by atoms with van der Waals surface area (Å²) in [4.78, 5) is -0.0273. The van der Waals surface area contributed by atoms with Crippen molar-refractivity contribution in [3.8, 4) is 5.75 Å². The lowest BCUT2D eigenvalue weighted by Gasteiger charge is -2.10. The van der Waals surface area contributed by atoms with Crippen molar-refractivity contribution in [2.45, 2.75) is 4.90 Å². The van der Waals surface area contributed by atoms with Crippen molar-refractivity contribution in [3.05, 3.63) is 51.7 Å². The Balaban J connectivity index is 2.41. The number of anilines is 1. The SMILES string of the molecule is O=S(=O)(Nc1cc(F)cc(Cl)c1O)c1ccc(Br)cc1. The molecule has 0 atom stereocenters. The monoisotopic (exact) mass is 379 g/mol. The van der Waals surface area contributed by atoms with E-state index in [1.165, 1.54) is 12.1 Å². The number of rotatable bonds is 3. The molecule has 0 fully saturated rings. The van der Waals surface area contributed by atoms with Gasteiger partial charge >= 0.3 is 0 Å². The maximum Gasteiger partial charge on any atom is 0.262 e. The smallest absolute Gasteiger partial charge is 0.262 e. The Kier molecular flexibility index (Phi) is 4.22. The number of sulfonamides is 1. The third-order valence-electron chi connectivity index (χ3n) is 2.40. The lowest BCUT2D eigenvalue weighted by atomic mass is 10.3. The standard InChI is InChI=1S/C12H8BrClFNO3S/c13-7-1-3-9(4-2-7)20(18,19)16-11-6-8(15)5-10(14)12(11)17/h1-6,16-17H. The molecule has 0 radical (unpaired) electrons. The van der Waals surface area contributed by atoms with Crippen LogP contribution in [0.15, 0.2) is 45.8 Å². The molecule has 2 N–H and O–H groups in total. The van der Waals surface area contributed by atoms with E-state index in [2.05, 4.69) is 20.7 Å². The van der Waals surface area contributed by atoms with E-state index in [4.69, 9.17) is 11.6 Å². The van der Waals surface area contributed by atoms with Crippen molar-refractivity contribution in [2.24, 2.45) is 0 Å². The summed E-state index contributed by atoms with van der Waals surface area (Å²) >= 11 is 8.77. The van der Waals surface area contributed by atoms with Gasteiger partial charge in [-0.15, -0.1) is 0 Å². The number of hydrogen-bond donors (Lipinski definition) is 2. The molecular formula is C12H8BrClFNO3S. The van der Waals surface area contributed by atoms with E-state index in [-0.39, 0.29) is 15.6 Å². The number of phenols is 1. The summed E-state index contributed by atoms with van der Waals surface area (Å²) in [5.41, 5.74) is -0.321. The average molecular weight is 381 g/mol. The topological polar surface area (TPSA) is 66.4 Å². The molecule has 2 aromatic rings. The molecule has 0 heterocycles. The van der Waals surface area contributed by atoms with Crippen LogP contribution in [0.25, 0.3) is 0 Å². The van der Waals surface area contributed by atoms with Gasteiger partial charge in [-0.25, -0.2) is 12.8 Å². The van der Waals surface area contributed by atoms with E-state index in [0.717, 1.165) is 12.1 Å². The summed E-state index contributed by atoms with van der Waals surface area (Å²) in [6, 6.07) is 7.56. The van der Waals surface area contributed by atoms with E-state index >= 15 is 0 Å². The van der Waals surface area contributed by atoms with Gasteiger partial charge in [-0.1, -0.05) is 27.5 Å². The van der Waals surface area contributed by atoms with E-state index in [1.54, 1.807) is 12.1 Å². The highest BCUT2D eigenvalue weighted by atomic mass is 79.9. The molecule has 0 spiro atoms. The van der Waals surface area contributed by atoms with Crippen molar-refractivity contribution in [3.63, 3.8) is 0 Å². The Morgan fingerprint density at radius 2 is 1.80 bits per heavy atom. The van der Waals surface area contributed by atoms with Gasteiger partial charge in [-0.2, -0.15) is 0 Å². The Bertz CT molecular complexity index is 750. The van der Waals surface area contributed by atoms with Crippen LogP contribution in [-0.4, -0.2) is 13.5 Å².